The molecule has 0 radical (unpaired) electrons. The molecule has 0 spiro atoms. The van der Waals surface area contributed by atoms with Crippen molar-refractivity contribution in [3.8, 4) is 11.4 Å². The van der Waals surface area contributed by atoms with Gasteiger partial charge in [0.1, 0.15) is 29.3 Å². The van der Waals surface area contributed by atoms with Crippen LogP contribution in [0, 0.1) is 0 Å². The third-order valence-electron chi connectivity index (χ3n) is 6.17. The summed E-state index contributed by atoms with van der Waals surface area (Å²) in [6, 6.07) is 18.9. The lowest BCUT2D eigenvalue weighted by molar-refractivity contribution is 0.0257. The van der Waals surface area contributed by atoms with Crippen molar-refractivity contribution in [1.29, 1.82) is 0 Å². The van der Waals surface area contributed by atoms with Gasteiger partial charge in [0.15, 0.2) is 0 Å². The van der Waals surface area contributed by atoms with E-state index in [2.05, 4.69) is 0 Å². The standard InChI is InChI=1S/C29H30N2O5/c1-29(2,3)36-28(33)30-14-12-24-23-10-9-21(17-26(23)35-25(24)13-15-30)31-16-11-22(18-27(31)32)34-19-20-7-5-4-6-8-20/h4-11,16-18H,12-15,19H2,1-3H3. The van der Waals surface area contributed by atoms with Crippen LogP contribution in [0.2, 0.25) is 0 Å². The van der Waals surface area contributed by atoms with Crippen molar-refractivity contribution in [2.24, 2.45) is 0 Å². The molecule has 1 aliphatic rings. The molecule has 7 heteroatoms. The molecule has 0 fully saturated rings. The molecule has 0 saturated heterocycles. The van der Waals surface area contributed by atoms with Gasteiger partial charge in [-0.25, -0.2) is 4.79 Å². The Balaban J connectivity index is 1.32. The molecule has 0 atom stereocenters. The first-order valence-electron chi connectivity index (χ1n) is 12.2. The van der Waals surface area contributed by atoms with Crippen LogP contribution >= 0.6 is 0 Å². The molecule has 3 heterocycles. The van der Waals surface area contributed by atoms with E-state index in [0.717, 1.165) is 33.5 Å². The average molecular weight is 487 g/mol. The second-order valence-corrected chi connectivity index (χ2v) is 10.00. The molecule has 0 aliphatic carbocycles. The highest BCUT2D eigenvalue weighted by Gasteiger charge is 2.26. The van der Waals surface area contributed by atoms with E-state index in [9.17, 15) is 9.59 Å². The van der Waals surface area contributed by atoms with E-state index in [1.165, 1.54) is 6.07 Å². The van der Waals surface area contributed by atoms with E-state index in [-0.39, 0.29) is 11.7 Å². The zero-order valence-corrected chi connectivity index (χ0v) is 20.8. The van der Waals surface area contributed by atoms with Crippen LogP contribution in [0.3, 0.4) is 0 Å². The molecule has 2 aromatic heterocycles. The largest absolute Gasteiger partial charge is 0.489 e. The number of pyridine rings is 1. The van der Waals surface area contributed by atoms with Crippen LogP contribution in [-0.4, -0.2) is 34.3 Å². The molecule has 0 saturated carbocycles. The van der Waals surface area contributed by atoms with Crippen molar-refractivity contribution in [3.63, 3.8) is 0 Å². The molecule has 0 N–H and O–H groups in total. The molecule has 36 heavy (non-hydrogen) atoms. The lowest BCUT2D eigenvalue weighted by Gasteiger charge is -2.26. The molecule has 0 bridgehead atoms. The normalized spacial score (nSPS) is 13.8. The van der Waals surface area contributed by atoms with Crippen molar-refractivity contribution in [2.45, 2.75) is 45.8 Å². The molecule has 186 valence electrons. The van der Waals surface area contributed by atoms with Gasteiger partial charge in [0.25, 0.3) is 5.56 Å². The SMILES string of the molecule is CC(C)(C)OC(=O)N1CCc2oc3cc(-n4ccc(OCc5ccccc5)cc4=O)ccc3c2CC1. The van der Waals surface area contributed by atoms with Gasteiger partial charge in [-0.1, -0.05) is 30.3 Å². The zero-order valence-electron chi connectivity index (χ0n) is 20.8. The number of furan rings is 1. The Morgan fingerprint density at radius 1 is 1.00 bits per heavy atom. The molecule has 7 nitrogen and oxygen atoms in total. The lowest BCUT2D eigenvalue weighted by atomic mass is 10.1. The summed E-state index contributed by atoms with van der Waals surface area (Å²) in [6.07, 6.45) is 2.73. The maximum atomic E-state index is 12.8. The summed E-state index contributed by atoms with van der Waals surface area (Å²) >= 11 is 0. The van der Waals surface area contributed by atoms with Crippen molar-refractivity contribution >= 4 is 17.1 Å². The summed E-state index contributed by atoms with van der Waals surface area (Å²) in [5, 5.41) is 1.01. The van der Waals surface area contributed by atoms with Gasteiger partial charge >= 0.3 is 6.09 Å². The fraction of sp³-hybridized carbons (Fsp3) is 0.310. The first kappa shape index (κ1) is 23.7. The molecule has 1 aliphatic heterocycles. The molecule has 5 rings (SSSR count). The van der Waals surface area contributed by atoms with Crippen LogP contribution < -0.4 is 10.3 Å². The Labute approximate surface area is 209 Å². The first-order valence-corrected chi connectivity index (χ1v) is 12.2. The van der Waals surface area contributed by atoms with Gasteiger partial charge in [0, 0.05) is 48.8 Å². The molecule has 2 aromatic carbocycles. The second-order valence-electron chi connectivity index (χ2n) is 10.00. The van der Waals surface area contributed by atoms with E-state index in [0.29, 0.717) is 38.3 Å². The van der Waals surface area contributed by atoms with Gasteiger partial charge in [0.05, 0.1) is 5.69 Å². The fourth-order valence-electron chi connectivity index (χ4n) is 4.42. The summed E-state index contributed by atoms with van der Waals surface area (Å²) in [6.45, 7) is 7.12. The minimum Gasteiger partial charge on any atom is -0.489 e. The number of amides is 1. The predicted molar refractivity (Wildman–Crippen MR) is 138 cm³/mol. The number of rotatable bonds is 4. The van der Waals surface area contributed by atoms with Crippen LogP contribution in [0.5, 0.6) is 5.75 Å². The number of fused-ring (bicyclic) bond motifs is 3. The topological polar surface area (TPSA) is 73.9 Å². The van der Waals surface area contributed by atoms with E-state index in [1.54, 1.807) is 21.7 Å². The second kappa shape index (κ2) is 9.57. The van der Waals surface area contributed by atoms with Crippen molar-refractivity contribution in [1.82, 2.24) is 9.47 Å². The van der Waals surface area contributed by atoms with Gasteiger partial charge < -0.3 is 18.8 Å². The van der Waals surface area contributed by atoms with Crippen molar-refractivity contribution < 1.29 is 18.7 Å². The summed E-state index contributed by atoms with van der Waals surface area (Å²) in [5.41, 5.74) is 2.91. The third kappa shape index (κ3) is 5.15. The van der Waals surface area contributed by atoms with Gasteiger partial charge in [-0.2, -0.15) is 0 Å². The smallest absolute Gasteiger partial charge is 0.410 e. The number of carbonyl (C=O) groups is 1. The molecule has 4 aromatic rings. The summed E-state index contributed by atoms with van der Waals surface area (Å²) in [5.74, 6) is 1.41. The fourth-order valence-corrected chi connectivity index (χ4v) is 4.42. The van der Waals surface area contributed by atoms with Crippen LogP contribution in [0.1, 0.15) is 37.7 Å². The number of carbonyl (C=O) groups excluding carboxylic acids is 1. The Bertz CT molecular complexity index is 1450. The quantitative estimate of drug-likeness (QED) is 0.381. The minimum absolute atomic E-state index is 0.180. The summed E-state index contributed by atoms with van der Waals surface area (Å²) < 4.78 is 19.1. The van der Waals surface area contributed by atoms with E-state index in [1.807, 2.05) is 69.3 Å². The number of hydrogen-bond acceptors (Lipinski definition) is 5. The number of hydrogen-bond donors (Lipinski definition) is 0. The average Bonchev–Trinajstić information content (AvgIpc) is 3.05. The number of aromatic nitrogens is 1. The molecular formula is C29H30N2O5. The monoisotopic (exact) mass is 486 g/mol. The summed E-state index contributed by atoms with van der Waals surface area (Å²) in [7, 11) is 0. The number of nitrogens with zero attached hydrogens (tertiary/aromatic N) is 2. The zero-order chi connectivity index (χ0) is 25.3. The highest BCUT2D eigenvalue weighted by molar-refractivity contribution is 5.84. The molecule has 0 unspecified atom stereocenters. The van der Waals surface area contributed by atoms with Crippen molar-refractivity contribution in [2.75, 3.05) is 13.1 Å². The van der Waals surface area contributed by atoms with Gasteiger partial charge in [-0.15, -0.1) is 0 Å². The van der Waals surface area contributed by atoms with Gasteiger partial charge in [0.2, 0.25) is 0 Å². The van der Waals surface area contributed by atoms with E-state index in [4.69, 9.17) is 13.9 Å². The number of benzene rings is 2. The Morgan fingerprint density at radius 2 is 1.78 bits per heavy atom. The summed E-state index contributed by atoms with van der Waals surface area (Å²) in [4.78, 5) is 27.1. The number of ether oxygens (including phenoxy) is 2. The van der Waals surface area contributed by atoms with Crippen molar-refractivity contribution in [3.05, 3.63) is 94.1 Å². The van der Waals surface area contributed by atoms with Gasteiger partial charge in [-0.3, -0.25) is 9.36 Å². The van der Waals surface area contributed by atoms with E-state index >= 15 is 0 Å². The van der Waals surface area contributed by atoms with Crippen LogP contribution in [0.25, 0.3) is 16.7 Å². The van der Waals surface area contributed by atoms with Gasteiger partial charge in [-0.05, 0) is 51.0 Å². The minimum atomic E-state index is -0.524. The maximum absolute atomic E-state index is 12.8. The highest BCUT2D eigenvalue weighted by Crippen LogP contribution is 2.31. The highest BCUT2D eigenvalue weighted by atomic mass is 16.6. The Kier molecular flexibility index (Phi) is 6.31. The predicted octanol–water partition coefficient (Wildman–Crippen LogP) is 5.50. The maximum Gasteiger partial charge on any atom is 0.410 e. The third-order valence-corrected chi connectivity index (χ3v) is 6.17. The Morgan fingerprint density at radius 3 is 2.53 bits per heavy atom. The Hall–Kier alpha value is -4.00. The van der Waals surface area contributed by atoms with Crippen LogP contribution in [0.15, 0.2) is 76.1 Å². The van der Waals surface area contributed by atoms with Crippen LogP contribution in [0.4, 0.5) is 4.79 Å². The lowest BCUT2D eigenvalue weighted by Crippen LogP contribution is -2.38. The first-order chi connectivity index (χ1) is 17.3. The molecular weight excluding hydrogens is 456 g/mol. The van der Waals surface area contributed by atoms with E-state index < -0.39 is 5.60 Å². The van der Waals surface area contributed by atoms with Crippen LogP contribution in [-0.2, 0) is 24.2 Å². The molecule has 1 amide bonds.